The number of rotatable bonds is 2. The van der Waals surface area contributed by atoms with E-state index in [2.05, 4.69) is 40.7 Å². The van der Waals surface area contributed by atoms with Gasteiger partial charge in [-0.3, -0.25) is 0 Å². The summed E-state index contributed by atoms with van der Waals surface area (Å²) in [5.41, 5.74) is 2.30. The van der Waals surface area contributed by atoms with Crippen LogP contribution in [0.4, 0.5) is 5.69 Å². The van der Waals surface area contributed by atoms with Crippen LogP contribution in [0.5, 0.6) is 0 Å². The Balaban J connectivity index is 1.80. The lowest BCUT2D eigenvalue weighted by Gasteiger charge is -2.24. The van der Waals surface area contributed by atoms with E-state index in [1.165, 1.54) is 17.8 Å². The summed E-state index contributed by atoms with van der Waals surface area (Å²) in [5, 5.41) is 12.3. The number of amidine groups is 1. The van der Waals surface area contributed by atoms with E-state index < -0.39 is 5.72 Å². The maximum Gasteiger partial charge on any atom is 0.271 e. The first-order valence-corrected chi connectivity index (χ1v) is 8.92. The summed E-state index contributed by atoms with van der Waals surface area (Å²) < 4.78 is 2.18. The quantitative estimate of drug-likeness (QED) is 0.838. The van der Waals surface area contributed by atoms with Crippen molar-refractivity contribution in [3.8, 4) is 0 Å². The van der Waals surface area contributed by atoms with Gasteiger partial charge in [0.05, 0.1) is 6.54 Å². The molecule has 0 radical (unpaired) electrons. The lowest BCUT2D eigenvalue weighted by atomic mass is 10.0. The van der Waals surface area contributed by atoms with Crippen LogP contribution in [-0.4, -0.2) is 28.6 Å². The van der Waals surface area contributed by atoms with E-state index in [0.717, 1.165) is 30.6 Å². The molecule has 0 amide bonds. The van der Waals surface area contributed by atoms with E-state index in [0.29, 0.717) is 11.6 Å². The Hall–Kier alpha value is -1.84. The van der Waals surface area contributed by atoms with Crippen LogP contribution in [0, 0.1) is 6.92 Å². The zero-order chi connectivity index (χ0) is 16.7. The number of β-amino-alcohol motifs (C(OH)–C–C–N with tert-alkyl or cyclic N) is 1. The highest BCUT2D eigenvalue weighted by molar-refractivity contribution is 6.30. The maximum atomic E-state index is 11.6. The normalized spacial score (nSPS) is 23.5. The van der Waals surface area contributed by atoms with Gasteiger partial charge in [-0.15, -0.1) is 0 Å². The summed E-state index contributed by atoms with van der Waals surface area (Å²) in [7, 11) is 0. The number of aliphatic hydroxyl groups is 1. The maximum absolute atomic E-state index is 11.6. The van der Waals surface area contributed by atoms with Gasteiger partial charge < -0.3 is 5.11 Å². The molecule has 0 bridgehead atoms. The molecule has 0 saturated heterocycles. The van der Waals surface area contributed by atoms with Gasteiger partial charge in [0.25, 0.3) is 11.6 Å². The highest BCUT2D eigenvalue weighted by atomic mass is 35.5. The van der Waals surface area contributed by atoms with Gasteiger partial charge in [-0.05, 0) is 49.6 Å². The van der Waals surface area contributed by atoms with E-state index >= 15 is 0 Å². The van der Waals surface area contributed by atoms with Crippen molar-refractivity contribution in [1.82, 2.24) is 0 Å². The zero-order valence-corrected chi connectivity index (χ0v) is 14.6. The van der Waals surface area contributed by atoms with Gasteiger partial charge in [0.15, 0.2) is 6.54 Å². The summed E-state index contributed by atoms with van der Waals surface area (Å²) >= 11 is 6.03. The molecule has 2 aromatic carbocycles. The zero-order valence-electron chi connectivity index (χ0n) is 13.9. The first kappa shape index (κ1) is 15.7. The van der Waals surface area contributed by atoms with Crippen LogP contribution in [0.2, 0.25) is 5.02 Å². The number of halogens is 1. The highest BCUT2D eigenvalue weighted by Gasteiger charge is 2.52. The van der Waals surface area contributed by atoms with Gasteiger partial charge in [0, 0.05) is 17.0 Å². The monoisotopic (exact) mass is 341 g/mol. The number of benzene rings is 2. The van der Waals surface area contributed by atoms with Gasteiger partial charge in [-0.2, -0.15) is 0 Å². The third-order valence-electron chi connectivity index (χ3n) is 5.10. The molecule has 1 unspecified atom stereocenters. The standard InChI is InChI=1S/C20H22ClN2O/c1-15-5-4-6-18(13-15)22-14-20(24,16-8-10-17(21)11-9-16)23-12-3-2-7-19(22)23/h4-6,8-11,13,24H,2-3,7,12,14H2,1H3/q+1. The Morgan fingerprint density at radius 1 is 1.12 bits per heavy atom. The van der Waals surface area contributed by atoms with Crippen LogP contribution in [0.15, 0.2) is 48.5 Å². The Kier molecular flexibility index (Phi) is 3.86. The molecule has 0 fully saturated rings. The molecular formula is C20H22ClN2O+. The van der Waals surface area contributed by atoms with E-state index in [1.807, 2.05) is 24.3 Å². The Morgan fingerprint density at radius 2 is 1.92 bits per heavy atom. The fourth-order valence-corrected chi connectivity index (χ4v) is 4.02. The SMILES string of the molecule is Cc1cccc(N2CC(O)(c3ccc(Cl)cc3)[N+]3=C2CCCC3)c1. The van der Waals surface area contributed by atoms with Crippen LogP contribution in [0.3, 0.4) is 0 Å². The molecule has 24 heavy (non-hydrogen) atoms. The van der Waals surface area contributed by atoms with Gasteiger partial charge >= 0.3 is 0 Å². The topological polar surface area (TPSA) is 26.5 Å². The minimum atomic E-state index is -0.996. The van der Waals surface area contributed by atoms with Crippen molar-refractivity contribution in [3.63, 3.8) is 0 Å². The molecule has 124 valence electrons. The van der Waals surface area contributed by atoms with Crippen molar-refractivity contribution >= 4 is 23.1 Å². The second-order valence-electron chi connectivity index (χ2n) is 6.77. The third-order valence-corrected chi connectivity index (χ3v) is 5.35. The Morgan fingerprint density at radius 3 is 2.67 bits per heavy atom. The molecule has 4 heteroatoms. The fraction of sp³-hybridized carbons (Fsp3) is 0.350. The van der Waals surface area contributed by atoms with Crippen LogP contribution < -0.4 is 4.90 Å². The van der Waals surface area contributed by atoms with E-state index in [9.17, 15) is 5.11 Å². The van der Waals surface area contributed by atoms with Crippen LogP contribution in [-0.2, 0) is 5.72 Å². The van der Waals surface area contributed by atoms with Crippen LogP contribution in [0.1, 0.15) is 30.4 Å². The lowest BCUT2D eigenvalue weighted by Crippen LogP contribution is -2.41. The van der Waals surface area contributed by atoms with E-state index in [4.69, 9.17) is 11.6 Å². The van der Waals surface area contributed by atoms with Gasteiger partial charge in [0.1, 0.15) is 5.69 Å². The van der Waals surface area contributed by atoms with Gasteiger partial charge in [-0.1, -0.05) is 35.9 Å². The second kappa shape index (κ2) is 5.91. The predicted molar refractivity (Wildman–Crippen MR) is 97.9 cm³/mol. The largest absolute Gasteiger partial charge is 0.346 e. The smallest absolute Gasteiger partial charge is 0.271 e. The van der Waals surface area contributed by atoms with Crippen molar-refractivity contribution in [2.24, 2.45) is 0 Å². The predicted octanol–water partition coefficient (Wildman–Crippen LogP) is 3.91. The molecule has 0 saturated carbocycles. The molecule has 1 atom stereocenters. The molecule has 2 heterocycles. The highest BCUT2D eigenvalue weighted by Crippen LogP contribution is 2.36. The molecule has 1 N–H and O–H groups in total. The molecule has 0 aromatic heterocycles. The first-order chi connectivity index (χ1) is 11.6. The number of hydrogen-bond acceptors (Lipinski definition) is 2. The summed E-state index contributed by atoms with van der Waals surface area (Å²) in [6, 6.07) is 16.1. The van der Waals surface area contributed by atoms with E-state index in [1.54, 1.807) is 0 Å². The molecule has 0 aliphatic carbocycles. The average molecular weight is 342 g/mol. The Bertz CT molecular complexity index is 800. The minimum Gasteiger partial charge on any atom is -0.346 e. The summed E-state index contributed by atoms with van der Waals surface area (Å²) in [6.07, 6.45) is 3.29. The van der Waals surface area contributed by atoms with E-state index in [-0.39, 0.29) is 0 Å². The molecule has 2 aliphatic rings. The van der Waals surface area contributed by atoms with Gasteiger partial charge in [-0.25, -0.2) is 9.48 Å². The number of anilines is 1. The molecule has 3 nitrogen and oxygen atoms in total. The lowest BCUT2D eigenvalue weighted by molar-refractivity contribution is -0.661. The average Bonchev–Trinajstić information content (AvgIpc) is 2.90. The molecule has 2 aliphatic heterocycles. The molecule has 0 spiro atoms. The van der Waals surface area contributed by atoms with Crippen molar-refractivity contribution in [3.05, 3.63) is 64.7 Å². The summed E-state index contributed by atoms with van der Waals surface area (Å²) in [4.78, 5) is 2.28. The molecule has 4 rings (SSSR count). The number of nitrogens with zero attached hydrogens (tertiary/aromatic N) is 2. The first-order valence-electron chi connectivity index (χ1n) is 8.54. The third kappa shape index (κ3) is 2.52. The minimum absolute atomic E-state index is 0.549. The molecule has 2 aromatic rings. The van der Waals surface area contributed by atoms with Gasteiger partial charge in [0.2, 0.25) is 0 Å². The van der Waals surface area contributed by atoms with Crippen LogP contribution >= 0.6 is 11.6 Å². The second-order valence-corrected chi connectivity index (χ2v) is 7.21. The summed E-state index contributed by atoms with van der Waals surface area (Å²) in [6.45, 7) is 3.54. The summed E-state index contributed by atoms with van der Waals surface area (Å²) in [5.74, 6) is 1.23. The van der Waals surface area contributed by atoms with Crippen molar-refractivity contribution in [1.29, 1.82) is 0 Å². The van der Waals surface area contributed by atoms with Crippen molar-refractivity contribution in [2.45, 2.75) is 31.9 Å². The number of aryl methyl sites for hydroxylation is 1. The Labute approximate surface area is 147 Å². The van der Waals surface area contributed by atoms with Crippen molar-refractivity contribution < 1.29 is 9.68 Å². The van der Waals surface area contributed by atoms with Crippen LogP contribution in [0.25, 0.3) is 0 Å². The number of hydrogen-bond donors (Lipinski definition) is 1. The molecular weight excluding hydrogens is 320 g/mol. The fourth-order valence-electron chi connectivity index (χ4n) is 3.89. The van der Waals surface area contributed by atoms with Crippen molar-refractivity contribution in [2.75, 3.05) is 18.0 Å².